The lowest BCUT2D eigenvalue weighted by Crippen LogP contribution is -2.42. The molecule has 3 heteroatoms. The summed E-state index contributed by atoms with van der Waals surface area (Å²) in [6.07, 6.45) is 2.29. The monoisotopic (exact) mass is 187 g/mol. The Morgan fingerprint density at radius 3 is 2.31 bits per heavy atom. The molecule has 0 bridgehead atoms. The molecule has 1 rings (SSSR count). The van der Waals surface area contributed by atoms with E-state index in [4.69, 9.17) is 9.47 Å². The van der Waals surface area contributed by atoms with Gasteiger partial charge in [0, 0.05) is 13.2 Å². The molecule has 0 saturated carbocycles. The van der Waals surface area contributed by atoms with Crippen LogP contribution in [0.3, 0.4) is 0 Å². The molecule has 1 heterocycles. The lowest BCUT2D eigenvalue weighted by molar-refractivity contribution is 0.0406. The molecule has 0 spiro atoms. The Morgan fingerprint density at radius 2 is 1.77 bits per heavy atom. The van der Waals surface area contributed by atoms with Gasteiger partial charge in [-0.15, -0.1) is 0 Å². The number of hydrogen-bond acceptors (Lipinski definition) is 3. The Bertz CT molecular complexity index is 115. The predicted molar refractivity (Wildman–Crippen MR) is 52.9 cm³/mol. The SMILES string of the molecule is CCCOCCOCCC1CNC1. The average molecular weight is 187 g/mol. The van der Waals surface area contributed by atoms with Crippen LogP contribution in [0.25, 0.3) is 0 Å². The third-order valence-electron chi connectivity index (χ3n) is 2.26. The first-order chi connectivity index (χ1) is 6.43. The zero-order chi connectivity index (χ0) is 9.36. The number of ether oxygens (including phenoxy) is 2. The van der Waals surface area contributed by atoms with E-state index in [1.54, 1.807) is 0 Å². The topological polar surface area (TPSA) is 30.5 Å². The fourth-order valence-corrected chi connectivity index (χ4v) is 1.27. The van der Waals surface area contributed by atoms with Crippen molar-refractivity contribution in [3.63, 3.8) is 0 Å². The quantitative estimate of drug-likeness (QED) is 0.576. The van der Waals surface area contributed by atoms with Gasteiger partial charge in [0.1, 0.15) is 0 Å². The second-order valence-corrected chi connectivity index (χ2v) is 3.54. The van der Waals surface area contributed by atoms with Gasteiger partial charge in [-0.3, -0.25) is 0 Å². The minimum absolute atomic E-state index is 0.747. The van der Waals surface area contributed by atoms with Gasteiger partial charge in [0.05, 0.1) is 13.2 Å². The summed E-state index contributed by atoms with van der Waals surface area (Å²) in [5.41, 5.74) is 0. The third kappa shape index (κ3) is 5.24. The molecule has 0 aromatic heterocycles. The lowest BCUT2D eigenvalue weighted by Gasteiger charge is -2.26. The Morgan fingerprint density at radius 1 is 1.08 bits per heavy atom. The average Bonchev–Trinajstić information content (AvgIpc) is 2.07. The summed E-state index contributed by atoms with van der Waals surface area (Å²) in [6, 6.07) is 0. The van der Waals surface area contributed by atoms with E-state index in [0.717, 1.165) is 38.8 Å². The van der Waals surface area contributed by atoms with Gasteiger partial charge >= 0.3 is 0 Å². The second kappa shape index (κ2) is 7.30. The summed E-state index contributed by atoms with van der Waals surface area (Å²) in [5.74, 6) is 0.858. The van der Waals surface area contributed by atoms with Crippen LogP contribution in [-0.2, 0) is 9.47 Å². The van der Waals surface area contributed by atoms with E-state index in [-0.39, 0.29) is 0 Å². The zero-order valence-corrected chi connectivity index (χ0v) is 8.55. The molecule has 0 unspecified atom stereocenters. The van der Waals surface area contributed by atoms with Crippen molar-refractivity contribution in [2.45, 2.75) is 19.8 Å². The summed E-state index contributed by atoms with van der Waals surface area (Å²) in [4.78, 5) is 0. The summed E-state index contributed by atoms with van der Waals surface area (Å²) in [5, 5.41) is 3.25. The first kappa shape index (κ1) is 11.0. The Labute approximate surface area is 80.8 Å². The Hall–Kier alpha value is -0.120. The molecule has 1 aliphatic rings. The van der Waals surface area contributed by atoms with Gasteiger partial charge in [0.25, 0.3) is 0 Å². The number of hydrogen-bond donors (Lipinski definition) is 1. The van der Waals surface area contributed by atoms with Crippen LogP contribution in [0.4, 0.5) is 0 Å². The van der Waals surface area contributed by atoms with Gasteiger partial charge in [-0.1, -0.05) is 6.92 Å². The summed E-state index contributed by atoms with van der Waals surface area (Å²) >= 11 is 0. The van der Waals surface area contributed by atoms with E-state index in [1.807, 2.05) is 0 Å². The molecular formula is C10H21NO2. The van der Waals surface area contributed by atoms with Crippen molar-refractivity contribution in [1.29, 1.82) is 0 Å². The Balaban J connectivity index is 1.68. The van der Waals surface area contributed by atoms with Crippen LogP contribution in [0, 0.1) is 5.92 Å². The molecule has 0 aromatic carbocycles. The number of rotatable bonds is 8. The number of nitrogens with one attached hydrogen (secondary N) is 1. The lowest BCUT2D eigenvalue weighted by atomic mass is 10.0. The highest BCUT2D eigenvalue weighted by Gasteiger charge is 2.15. The summed E-state index contributed by atoms with van der Waals surface area (Å²) in [7, 11) is 0. The van der Waals surface area contributed by atoms with Gasteiger partial charge < -0.3 is 14.8 Å². The highest BCUT2D eigenvalue weighted by molar-refractivity contribution is 4.73. The van der Waals surface area contributed by atoms with Gasteiger partial charge in [-0.05, 0) is 31.8 Å². The van der Waals surface area contributed by atoms with Crippen LogP contribution >= 0.6 is 0 Å². The van der Waals surface area contributed by atoms with Gasteiger partial charge in [0.15, 0.2) is 0 Å². The van der Waals surface area contributed by atoms with Crippen molar-refractivity contribution in [1.82, 2.24) is 5.32 Å². The smallest absolute Gasteiger partial charge is 0.0700 e. The van der Waals surface area contributed by atoms with E-state index in [9.17, 15) is 0 Å². The zero-order valence-electron chi connectivity index (χ0n) is 8.55. The van der Waals surface area contributed by atoms with Crippen LogP contribution in [0.2, 0.25) is 0 Å². The fourth-order valence-electron chi connectivity index (χ4n) is 1.27. The maximum Gasteiger partial charge on any atom is 0.0700 e. The first-order valence-electron chi connectivity index (χ1n) is 5.29. The molecule has 0 amide bonds. The maximum absolute atomic E-state index is 5.43. The van der Waals surface area contributed by atoms with E-state index >= 15 is 0 Å². The Kier molecular flexibility index (Phi) is 6.15. The minimum Gasteiger partial charge on any atom is -0.379 e. The molecule has 1 saturated heterocycles. The fraction of sp³-hybridized carbons (Fsp3) is 1.00. The predicted octanol–water partition coefficient (Wildman–Crippen LogP) is 1.04. The molecule has 0 atom stereocenters. The van der Waals surface area contributed by atoms with Crippen molar-refractivity contribution in [2.75, 3.05) is 39.5 Å². The van der Waals surface area contributed by atoms with Crippen molar-refractivity contribution in [3.05, 3.63) is 0 Å². The molecule has 1 N–H and O–H groups in total. The molecule has 0 aromatic rings. The molecule has 0 aliphatic carbocycles. The molecule has 3 nitrogen and oxygen atoms in total. The highest BCUT2D eigenvalue weighted by Crippen LogP contribution is 2.07. The second-order valence-electron chi connectivity index (χ2n) is 3.54. The van der Waals surface area contributed by atoms with Gasteiger partial charge in [-0.25, -0.2) is 0 Å². The summed E-state index contributed by atoms with van der Waals surface area (Å²) < 4.78 is 10.7. The van der Waals surface area contributed by atoms with Crippen molar-refractivity contribution in [3.8, 4) is 0 Å². The van der Waals surface area contributed by atoms with Gasteiger partial charge in [0.2, 0.25) is 0 Å². The molecule has 1 aliphatic heterocycles. The van der Waals surface area contributed by atoms with Crippen molar-refractivity contribution < 1.29 is 9.47 Å². The van der Waals surface area contributed by atoms with Crippen molar-refractivity contribution >= 4 is 0 Å². The van der Waals surface area contributed by atoms with Crippen molar-refractivity contribution in [2.24, 2.45) is 5.92 Å². The molecule has 13 heavy (non-hydrogen) atoms. The van der Waals surface area contributed by atoms with Crippen LogP contribution in [0.15, 0.2) is 0 Å². The van der Waals surface area contributed by atoms with E-state index in [2.05, 4.69) is 12.2 Å². The van der Waals surface area contributed by atoms with E-state index in [0.29, 0.717) is 0 Å². The van der Waals surface area contributed by atoms with Crippen LogP contribution in [-0.4, -0.2) is 39.5 Å². The first-order valence-corrected chi connectivity index (χ1v) is 5.29. The largest absolute Gasteiger partial charge is 0.379 e. The minimum atomic E-state index is 0.747. The molecule has 78 valence electrons. The summed E-state index contributed by atoms with van der Waals surface area (Å²) in [6.45, 7) is 7.71. The normalized spacial score (nSPS) is 17.3. The highest BCUT2D eigenvalue weighted by atomic mass is 16.5. The standard InChI is InChI=1S/C10H21NO2/c1-2-4-12-6-7-13-5-3-10-8-11-9-10/h10-11H,2-9H2,1H3. The van der Waals surface area contributed by atoms with E-state index in [1.165, 1.54) is 19.5 Å². The molecular weight excluding hydrogens is 166 g/mol. The van der Waals surface area contributed by atoms with Gasteiger partial charge in [-0.2, -0.15) is 0 Å². The van der Waals surface area contributed by atoms with Crippen LogP contribution in [0.5, 0.6) is 0 Å². The van der Waals surface area contributed by atoms with E-state index < -0.39 is 0 Å². The third-order valence-corrected chi connectivity index (χ3v) is 2.26. The molecule has 1 fully saturated rings. The molecule has 0 radical (unpaired) electrons. The van der Waals surface area contributed by atoms with Crippen LogP contribution < -0.4 is 5.32 Å². The maximum atomic E-state index is 5.43. The van der Waals surface area contributed by atoms with Crippen LogP contribution in [0.1, 0.15) is 19.8 Å².